The van der Waals surface area contributed by atoms with Gasteiger partial charge in [0.05, 0.1) is 0 Å². The second kappa shape index (κ2) is 5.45. The van der Waals surface area contributed by atoms with Crippen LogP contribution < -0.4 is 5.73 Å². The number of unbranched alkanes of at least 4 members (excludes halogenated alkanes) is 2. The van der Waals surface area contributed by atoms with E-state index in [1.807, 2.05) is 0 Å². The van der Waals surface area contributed by atoms with Gasteiger partial charge in [-0.15, -0.1) is 0 Å². The van der Waals surface area contributed by atoms with Crippen molar-refractivity contribution < 1.29 is 20.4 Å². The Morgan fingerprint density at radius 1 is 1.08 bits per heavy atom. The lowest BCUT2D eigenvalue weighted by molar-refractivity contribution is -0.355. The Morgan fingerprint density at radius 2 is 1.67 bits per heavy atom. The summed E-state index contributed by atoms with van der Waals surface area (Å²) in [5.74, 6) is -2.97. The molecule has 5 nitrogen and oxygen atoms in total. The van der Waals surface area contributed by atoms with Gasteiger partial charge >= 0.3 is 5.97 Å². The molecule has 1 unspecified atom stereocenters. The summed E-state index contributed by atoms with van der Waals surface area (Å²) < 4.78 is 0. The van der Waals surface area contributed by atoms with Crippen molar-refractivity contribution in [2.24, 2.45) is 5.73 Å². The van der Waals surface area contributed by atoms with Gasteiger partial charge in [-0.1, -0.05) is 12.8 Å². The van der Waals surface area contributed by atoms with Gasteiger partial charge in [0.25, 0.3) is 0 Å². The Hall–Kier alpha value is -0.200. The number of nitrogens with two attached hydrogens (primary N) is 1. The minimum Gasteiger partial charge on any atom is -0.385 e. The van der Waals surface area contributed by atoms with Gasteiger partial charge in [0.1, 0.15) is 6.10 Å². The van der Waals surface area contributed by atoms with Crippen molar-refractivity contribution in [3.05, 3.63) is 0 Å². The van der Waals surface area contributed by atoms with Gasteiger partial charge < -0.3 is 26.2 Å². The summed E-state index contributed by atoms with van der Waals surface area (Å²) in [5, 5.41) is 34.3. The normalized spacial score (nSPS) is 14.8. The van der Waals surface area contributed by atoms with Gasteiger partial charge in [0, 0.05) is 0 Å². The monoisotopic (exact) mass is 179 g/mol. The van der Waals surface area contributed by atoms with E-state index in [0.717, 1.165) is 12.8 Å². The van der Waals surface area contributed by atoms with Gasteiger partial charge in [-0.2, -0.15) is 0 Å². The van der Waals surface area contributed by atoms with Gasteiger partial charge in [-0.05, 0) is 19.4 Å². The van der Waals surface area contributed by atoms with E-state index in [1.54, 1.807) is 0 Å². The molecule has 1 atom stereocenters. The maximum Gasteiger partial charge on any atom is 0.302 e. The van der Waals surface area contributed by atoms with Crippen molar-refractivity contribution in [1.29, 1.82) is 0 Å². The lowest BCUT2D eigenvalue weighted by atomic mass is 10.1. The molecule has 0 spiro atoms. The third-order valence-corrected chi connectivity index (χ3v) is 1.63. The van der Waals surface area contributed by atoms with E-state index in [0.29, 0.717) is 13.0 Å². The van der Waals surface area contributed by atoms with Crippen LogP contribution in [-0.4, -0.2) is 39.0 Å². The van der Waals surface area contributed by atoms with E-state index in [2.05, 4.69) is 0 Å². The largest absolute Gasteiger partial charge is 0.385 e. The molecule has 5 heteroatoms. The Bertz CT molecular complexity index is 112. The van der Waals surface area contributed by atoms with Crippen LogP contribution in [0.1, 0.15) is 25.7 Å². The summed E-state index contributed by atoms with van der Waals surface area (Å²) in [5.41, 5.74) is 5.22. The summed E-state index contributed by atoms with van der Waals surface area (Å²) in [6, 6.07) is 0. The molecule has 0 aromatic carbocycles. The number of hydrogen-bond donors (Lipinski definition) is 5. The van der Waals surface area contributed by atoms with Crippen molar-refractivity contribution in [2.75, 3.05) is 6.54 Å². The van der Waals surface area contributed by atoms with Crippen LogP contribution in [0.25, 0.3) is 0 Å². The standard InChI is InChI=1S/C7H17NO4/c8-5-3-1-2-4-6(9)7(10,11)12/h6,9-12H,1-5,8H2. The molecule has 0 aliphatic rings. The average Bonchev–Trinajstić information content (AvgIpc) is 1.96. The van der Waals surface area contributed by atoms with Crippen LogP contribution in [0, 0.1) is 0 Å². The van der Waals surface area contributed by atoms with E-state index in [1.165, 1.54) is 0 Å². The van der Waals surface area contributed by atoms with E-state index in [-0.39, 0.29) is 6.42 Å². The highest BCUT2D eigenvalue weighted by Gasteiger charge is 2.29. The molecule has 0 aliphatic carbocycles. The molecular formula is C7H17NO4. The van der Waals surface area contributed by atoms with Gasteiger partial charge in [-0.25, -0.2) is 0 Å². The van der Waals surface area contributed by atoms with Crippen LogP contribution in [0.5, 0.6) is 0 Å². The fourth-order valence-corrected chi connectivity index (χ4v) is 0.852. The summed E-state index contributed by atoms with van der Waals surface area (Å²) in [6.45, 7) is 0.582. The van der Waals surface area contributed by atoms with Crippen LogP contribution in [0.4, 0.5) is 0 Å². The number of aliphatic hydroxyl groups excluding tert-OH is 1. The average molecular weight is 179 g/mol. The van der Waals surface area contributed by atoms with Crippen LogP contribution in [-0.2, 0) is 0 Å². The third kappa shape index (κ3) is 5.45. The molecule has 0 aromatic rings. The van der Waals surface area contributed by atoms with Crippen LogP contribution in [0.15, 0.2) is 0 Å². The summed E-state index contributed by atoms with van der Waals surface area (Å²) in [7, 11) is 0. The fourth-order valence-electron chi connectivity index (χ4n) is 0.852. The molecule has 0 amide bonds. The Labute approximate surface area is 71.4 Å². The zero-order valence-electron chi connectivity index (χ0n) is 6.98. The summed E-state index contributed by atoms with van der Waals surface area (Å²) in [4.78, 5) is 0. The van der Waals surface area contributed by atoms with E-state index >= 15 is 0 Å². The molecule has 0 rings (SSSR count). The lowest BCUT2D eigenvalue weighted by Crippen LogP contribution is -2.41. The lowest BCUT2D eigenvalue weighted by Gasteiger charge is -2.20. The first-order chi connectivity index (χ1) is 5.48. The number of aliphatic hydroxyl groups is 4. The highest BCUT2D eigenvalue weighted by Crippen LogP contribution is 2.10. The summed E-state index contributed by atoms with van der Waals surface area (Å²) in [6.07, 6.45) is 0.909. The predicted molar refractivity (Wildman–Crippen MR) is 42.9 cm³/mol. The molecule has 0 bridgehead atoms. The Balaban J connectivity index is 3.38. The highest BCUT2D eigenvalue weighted by atomic mass is 16.7. The van der Waals surface area contributed by atoms with Crippen molar-refractivity contribution in [2.45, 2.75) is 37.8 Å². The van der Waals surface area contributed by atoms with Gasteiger partial charge in [0.15, 0.2) is 0 Å². The summed E-state index contributed by atoms with van der Waals surface area (Å²) >= 11 is 0. The van der Waals surface area contributed by atoms with E-state index in [4.69, 9.17) is 26.2 Å². The predicted octanol–water partition coefficient (Wildman–Crippen LogP) is -1.50. The molecule has 0 aromatic heterocycles. The van der Waals surface area contributed by atoms with Crippen LogP contribution in [0.3, 0.4) is 0 Å². The second-order valence-corrected chi connectivity index (χ2v) is 2.84. The van der Waals surface area contributed by atoms with Crippen molar-refractivity contribution >= 4 is 0 Å². The SMILES string of the molecule is NCCCCCC(O)C(O)(O)O. The van der Waals surface area contributed by atoms with E-state index < -0.39 is 12.1 Å². The number of hydrogen-bond acceptors (Lipinski definition) is 5. The topological polar surface area (TPSA) is 107 Å². The van der Waals surface area contributed by atoms with E-state index in [9.17, 15) is 0 Å². The zero-order chi connectivity index (χ0) is 9.61. The minimum absolute atomic E-state index is 0.156. The molecule has 0 saturated carbocycles. The van der Waals surface area contributed by atoms with Crippen LogP contribution >= 0.6 is 0 Å². The molecule has 0 heterocycles. The molecule has 0 radical (unpaired) electrons. The first-order valence-corrected chi connectivity index (χ1v) is 4.03. The maximum absolute atomic E-state index is 8.90. The third-order valence-electron chi connectivity index (χ3n) is 1.63. The molecular weight excluding hydrogens is 162 g/mol. The first kappa shape index (κ1) is 11.8. The quantitative estimate of drug-likeness (QED) is 0.252. The molecule has 12 heavy (non-hydrogen) atoms. The molecule has 6 N–H and O–H groups in total. The second-order valence-electron chi connectivity index (χ2n) is 2.84. The maximum atomic E-state index is 8.90. The highest BCUT2D eigenvalue weighted by molar-refractivity contribution is 4.62. The number of rotatable bonds is 6. The molecule has 0 fully saturated rings. The first-order valence-electron chi connectivity index (χ1n) is 4.03. The minimum atomic E-state index is -2.97. The Kier molecular flexibility index (Phi) is 5.36. The fraction of sp³-hybridized carbons (Fsp3) is 1.00. The Morgan fingerprint density at radius 3 is 2.08 bits per heavy atom. The molecule has 0 saturated heterocycles. The van der Waals surface area contributed by atoms with Gasteiger partial charge in [0.2, 0.25) is 0 Å². The molecule has 74 valence electrons. The van der Waals surface area contributed by atoms with Crippen LogP contribution in [0.2, 0.25) is 0 Å². The smallest absolute Gasteiger partial charge is 0.302 e. The van der Waals surface area contributed by atoms with Crippen molar-refractivity contribution in [3.8, 4) is 0 Å². The van der Waals surface area contributed by atoms with Crippen molar-refractivity contribution in [1.82, 2.24) is 0 Å². The van der Waals surface area contributed by atoms with Crippen molar-refractivity contribution in [3.63, 3.8) is 0 Å². The molecule has 0 aliphatic heterocycles. The zero-order valence-corrected chi connectivity index (χ0v) is 6.98. The van der Waals surface area contributed by atoms with Gasteiger partial charge in [-0.3, -0.25) is 0 Å².